The number of hydrogen-bond acceptors (Lipinski definition) is 2. The van der Waals surface area contributed by atoms with E-state index < -0.39 is 0 Å². The first-order valence-corrected chi connectivity index (χ1v) is 5.56. The fraction of sp³-hybridized carbons (Fsp3) is 0.364. The Bertz CT molecular complexity index is 363. The molecule has 0 aromatic rings. The predicted octanol–water partition coefficient (Wildman–Crippen LogP) is 3.39. The highest BCUT2D eigenvalue weighted by atomic mass is 79.9. The molecular weight excluding hydrogens is 240 g/mol. The second kappa shape index (κ2) is 3.73. The maximum Gasteiger partial charge on any atom is 0.127 e. The van der Waals surface area contributed by atoms with E-state index in [2.05, 4.69) is 47.0 Å². The van der Waals surface area contributed by atoms with Crippen LogP contribution in [0.5, 0.6) is 0 Å². The molecule has 2 rings (SSSR count). The van der Waals surface area contributed by atoms with Crippen molar-refractivity contribution in [2.45, 2.75) is 20.3 Å². The number of hydrazone groups is 1. The second-order valence-corrected chi connectivity index (χ2v) is 4.55. The van der Waals surface area contributed by atoms with E-state index in [0.29, 0.717) is 5.92 Å². The van der Waals surface area contributed by atoms with E-state index in [9.17, 15) is 0 Å². The van der Waals surface area contributed by atoms with E-state index in [1.54, 1.807) is 0 Å². The third-order valence-corrected chi connectivity index (χ3v) is 2.82. The molecule has 3 heteroatoms. The van der Waals surface area contributed by atoms with Gasteiger partial charge >= 0.3 is 0 Å². The first-order valence-electron chi connectivity index (χ1n) is 4.77. The molecule has 74 valence electrons. The summed E-state index contributed by atoms with van der Waals surface area (Å²) in [5.74, 6) is 0.592. The molecule has 0 aromatic heterocycles. The largest absolute Gasteiger partial charge is 0.240 e. The highest BCUT2D eigenvalue weighted by Gasteiger charge is 2.16. The number of hydrogen-bond donors (Lipinski definition) is 0. The Labute approximate surface area is 92.8 Å². The zero-order valence-electron chi connectivity index (χ0n) is 8.37. The zero-order valence-corrected chi connectivity index (χ0v) is 9.95. The third kappa shape index (κ3) is 1.82. The minimum absolute atomic E-state index is 0.592. The molecule has 0 N–H and O–H groups in total. The van der Waals surface area contributed by atoms with Crippen LogP contribution in [-0.2, 0) is 0 Å². The van der Waals surface area contributed by atoms with Crippen molar-refractivity contribution in [3.05, 3.63) is 35.7 Å². The smallest absolute Gasteiger partial charge is 0.127 e. The van der Waals surface area contributed by atoms with Gasteiger partial charge in [-0.3, -0.25) is 0 Å². The number of halogens is 1. The molecule has 0 spiro atoms. The number of nitrogens with zero attached hydrogens (tertiary/aromatic N) is 2. The molecule has 2 heterocycles. The summed E-state index contributed by atoms with van der Waals surface area (Å²) in [4.78, 5) is 0. The van der Waals surface area contributed by atoms with Gasteiger partial charge in [-0.15, -0.1) is 0 Å². The van der Waals surface area contributed by atoms with Gasteiger partial charge in [0.25, 0.3) is 0 Å². The third-order valence-electron chi connectivity index (χ3n) is 2.43. The summed E-state index contributed by atoms with van der Waals surface area (Å²) in [6.45, 7) is 4.32. The number of allylic oxidation sites excluding steroid dienone is 4. The Kier molecular flexibility index (Phi) is 2.59. The molecule has 0 saturated heterocycles. The molecule has 0 bridgehead atoms. The van der Waals surface area contributed by atoms with Gasteiger partial charge in [-0.1, -0.05) is 19.1 Å². The normalized spacial score (nSPS) is 26.1. The molecule has 2 aliphatic heterocycles. The highest BCUT2D eigenvalue weighted by Crippen LogP contribution is 2.26. The average Bonchev–Trinajstić information content (AvgIpc) is 2.28. The van der Waals surface area contributed by atoms with Crippen molar-refractivity contribution in [1.82, 2.24) is 5.01 Å². The van der Waals surface area contributed by atoms with Gasteiger partial charge in [0, 0.05) is 6.20 Å². The summed E-state index contributed by atoms with van der Waals surface area (Å²) in [5, 5.41) is 6.32. The molecule has 2 nitrogen and oxygen atoms in total. The Morgan fingerprint density at radius 3 is 3.14 bits per heavy atom. The quantitative estimate of drug-likeness (QED) is 0.646. The molecule has 1 unspecified atom stereocenters. The maximum absolute atomic E-state index is 4.38. The summed E-state index contributed by atoms with van der Waals surface area (Å²) in [7, 11) is 0. The minimum Gasteiger partial charge on any atom is -0.240 e. The van der Waals surface area contributed by atoms with Crippen LogP contribution < -0.4 is 0 Å². The molecule has 1 atom stereocenters. The first-order chi connectivity index (χ1) is 6.66. The highest BCUT2D eigenvalue weighted by molar-refractivity contribution is 9.18. The van der Waals surface area contributed by atoms with Gasteiger partial charge in [0.15, 0.2) is 0 Å². The molecule has 0 fully saturated rings. The van der Waals surface area contributed by atoms with Gasteiger partial charge in [0.1, 0.15) is 4.62 Å². The van der Waals surface area contributed by atoms with Gasteiger partial charge in [0.2, 0.25) is 0 Å². The lowest BCUT2D eigenvalue weighted by atomic mass is 10.1. The number of rotatable bonds is 0. The fourth-order valence-corrected chi connectivity index (χ4v) is 2.11. The van der Waals surface area contributed by atoms with Crippen molar-refractivity contribution in [1.29, 1.82) is 0 Å². The topological polar surface area (TPSA) is 15.6 Å². The molecule has 0 radical (unpaired) electrons. The first kappa shape index (κ1) is 9.71. The summed E-state index contributed by atoms with van der Waals surface area (Å²) >= 11 is 3.40. The molecule has 14 heavy (non-hydrogen) atoms. The zero-order chi connectivity index (χ0) is 10.1. The fourth-order valence-electron chi connectivity index (χ4n) is 1.59. The Balaban J connectivity index is 2.39. The monoisotopic (exact) mass is 252 g/mol. The van der Waals surface area contributed by atoms with E-state index >= 15 is 0 Å². The van der Waals surface area contributed by atoms with Crippen LogP contribution in [-0.4, -0.2) is 9.63 Å². The van der Waals surface area contributed by atoms with Crippen LogP contribution in [0.25, 0.3) is 0 Å². The van der Waals surface area contributed by atoms with E-state index in [0.717, 1.165) is 11.0 Å². The average molecular weight is 253 g/mol. The molecule has 0 aromatic carbocycles. The van der Waals surface area contributed by atoms with E-state index in [1.807, 2.05) is 17.3 Å². The molecule has 0 saturated carbocycles. The maximum atomic E-state index is 4.38. The van der Waals surface area contributed by atoms with Crippen molar-refractivity contribution in [3.8, 4) is 0 Å². The van der Waals surface area contributed by atoms with Crippen LogP contribution in [0, 0.1) is 5.92 Å². The van der Waals surface area contributed by atoms with E-state index in [1.165, 1.54) is 11.3 Å². The second-order valence-electron chi connectivity index (χ2n) is 3.74. The van der Waals surface area contributed by atoms with Crippen LogP contribution in [0.3, 0.4) is 0 Å². The molecule has 2 aliphatic rings. The molecule has 0 amide bonds. The minimum atomic E-state index is 0.592. The van der Waals surface area contributed by atoms with Gasteiger partial charge in [-0.05, 0) is 46.8 Å². The van der Waals surface area contributed by atoms with Crippen LogP contribution in [0.2, 0.25) is 0 Å². The molecular formula is C11H13BrN2. The van der Waals surface area contributed by atoms with Crippen molar-refractivity contribution in [3.63, 3.8) is 0 Å². The Morgan fingerprint density at radius 1 is 1.57 bits per heavy atom. The summed E-state index contributed by atoms with van der Waals surface area (Å²) in [6.07, 6.45) is 9.61. The van der Waals surface area contributed by atoms with Crippen LogP contribution in [0.4, 0.5) is 0 Å². The van der Waals surface area contributed by atoms with Crippen LogP contribution in [0.1, 0.15) is 20.3 Å². The number of fused-ring (bicyclic) bond motifs is 1. The lowest BCUT2D eigenvalue weighted by Gasteiger charge is -2.22. The summed E-state index contributed by atoms with van der Waals surface area (Å²) < 4.78 is 0.881. The van der Waals surface area contributed by atoms with Crippen molar-refractivity contribution in [2.24, 2.45) is 11.0 Å². The van der Waals surface area contributed by atoms with Gasteiger partial charge in [-0.2, -0.15) is 5.10 Å². The summed E-state index contributed by atoms with van der Waals surface area (Å²) in [6, 6.07) is 0. The van der Waals surface area contributed by atoms with Crippen molar-refractivity contribution < 1.29 is 0 Å². The SMILES string of the molecule is CC1=CC(Br)=NN2C=CC(C)CC=C12. The van der Waals surface area contributed by atoms with Gasteiger partial charge in [0.05, 0.1) is 5.70 Å². The Hall–Kier alpha value is -0.830. The van der Waals surface area contributed by atoms with E-state index in [-0.39, 0.29) is 0 Å². The van der Waals surface area contributed by atoms with Crippen molar-refractivity contribution >= 4 is 20.6 Å². The molecule has 0 aliphatic carbocycles. The lowest BCUT2D eigenvalue weighted by molar-refractivity contribution is 0.504. The predicted molar refractivity (Wildman–Crippen MR) is 63.0 cm³/mol. The van der Waals surface area contributed by atoms with Crippen molar-refractivity contribution in [2.75, 3.05) is 0 Å². The van der Waals surface area contributed by atoms with Gasteiger partial charge < -0.3 is 0 Å². The van der Waals surface area contributed by atoms with Crippen LogP contribution >= 0.6 is 15.9 Å². The Morgan fingerprint density at radius 2 is 2.36 bits per heavy atom. The van der Waals surface area contributed by atoms with Gasteiger partial charge in [-0.25, -0.2) is 5.01 Å². The lowest BCUT2D eigenvalue weighted by Crippen LogP contribution is -2.15. The van der Waals surface area contributed by atoms with Crippen LogP contribution in [0.15, 0.2) is 40.8 Å². The van der Waals surface area contributed by atoms with E-state index in [4.69, 9.17) is 0 Å². The summed E-state index contributed by atoms with van der Waals surface area (Å²) in [5.41, 5.74) is 2.46. The standard InChI is InChI=1S/C11H13BrN2/c1-8-3-4-10-9(2)7-11(12)13-14(10)6-5-8/h4-8H,3H2,1-2H3.